The van der Waals surface area contributed by atoms with Gasteiger partial charge in [-0.05, 0) is 180 Å². The van der Waals surface area contributed by atoms with Gasteiger partial charge in [-0.15, -0.1) is 11.3 Å². The number of fused-ring (bicyclic) bond motifs is 10. The normalized spacial score (nSPS) is 14.0. The molecule has 0 fully saturated rings. The van der Waals surface area contributed by atoms with Crippen molar-refractivity contribution in [1.29, 1.82) is 0 Å². The molecule has 0 aliphatic heterocycles. The van der Waals surface area contributed by atoms with Crippen LogP contribution < -0.4 is 4.90 Å². The summed E-state index contributed by atoms with van der Waals surface area (Å²) in [6.45, 7) is 9.67. The molecule has 0 atom stereocenters. The van der Waals surface area contributed by atoms with Crippen LogP contribution in [0.4, 0.5) is 17.1 Å². The zero-order valence-corrected chi connectivity index (χ0v) is 48.7. The maximum atomic E-state index is 7.05. The van der Waals surface area contributed by atoms with E-state index < -0.39 is 0 Å². The van der Waals surface area contributed by atoms with Crippen LogP contribution >= 0.6 is 11.3 Å². The third-order valence-electron chi connectivity index (χ3n) is 17.6. The quantitative estimate of drug-likeness (QED) is 0.144. The maximum Gasteiger partial charge on any atom is 0.143 e. The topological polar surface area (TPSA) is 21.3 Å². The average molecular weight is 1120 g/mol. The fourth-order valence-electron chi connectivity index (χ4n) is 13.4. The van der Waals surface area contributed by atoms with Crippen LogP contribution in [-0.4, -0.2) is 4.57 Å². The van der Waals surface area contributed by atoms with Gasteiger partial charge in [0.1, 0.15) is 11.2 Å². The van der Waals surface area contributed by atoms with Crippen molar-refractivity contribution in [2.75, 3.05) is 4.90 Å². The summed E-state index contributed by atoms with van der Waals surface area (Å²) in [5.74, 6) is 0. The van der Waals surface area contributed by atoms with Crippen LogP contribution in [0.5, 0.6) is 0 Å². The van der Waals surface area contributed by atoms with Crippen LogP contribution in [0.3, 0.4) is 0 Å². The second-order valence-corrected chi connectivity index (χ2v) is 24.5. The Labute approximate surface area is 504 Å². The lowest BCUT2D eigenvalue weighted by atomic mass is 9.74. The van der Waals surface area contributed by atoms with Gasteiger partial charge in [0.2, 0.25) is 0 Å². The number of allylic oxidation sites excluding steroid dienone is 5. The van der Waals surface area contributed by atoms with Crippen LogP contribution in [0, 0.1) is 0 Å². The summed E-state index contributed by atoms with van der Waals surface area (Å²) in [5, 5.41) is 8.11. The van der Waals surface area contributed by atoms with E-state index in [0.717, 1.165) is 112 Å². The summed E-state index contributed by atoms with van der Waals surface area (Å²) >= 11 is 1.84. The molecule has 0 radical (unpaired) electrons. The minimum absolute atomic E-state index is 0.301. The molecule has 3 nitrogen and oxygen atoms in total. The summed E-state index contributed by atoms with van der Waals surface area (Å²) in [7, 11) is 0. The molecule has 0 N–H and O–H groups in total. The van der Waals surface area contributed by atoms with Crippen LogP contribution in [0.15, 0.2) is 302 Å². The van der Waals surface area contributed by atoms with Crippen molar-refractivity contribution in [3.05, 3.63) is 309 Å². The van der Waals surface area contributed by atoms with E-state index >= 15 is 0 Å². The average Bonchev–Trinajstić information content (AvgIpc) is 1.72. The van der Waals surface area contributed by atoms with E-state index in [-0.39, 0.29) is 5.41 Å². The Kier molecular flexibility index (Phi) is 12.3. The number of hydrogen-bond acceptors (Lipinski definition) is 3. The highest BCUT2D eigenvalue weighted by Gasteiger charge is 2.31. The second kappa shape index (κ2) is 20.7. The van der Waals surface area contributed by atoms with Gasteiger partial charge < -0.3 is 13.9 Å². The van der Waals surface area contributed by atoms with Crippen LogP contribution in [0.1, 0.15) is 31.4 Å². The highest BCUT2D eigenvalue weighted by atomic mass is 32.1. The smallest absolute Gasteiger partial charge is 0.143 e. The van der Waals surface area contributed by atoms with E-state index in [1.54, 1.807) is 0 Å². The minimum atomic E-state index is -0.301. The van der Waals surface area contributed by atoms with Gasteiger partial charge in [0.05, 0.1) is 11.0 Å². The van der Waals surface area contributed by atoms with Gasteiger partial charge in [-0.25, -0.2) is 0 Å². The van der Waals surface area contributed by atoms with Crippen LogP contribution in [0.25, 0.3) is 131 Å². The minimum Gasteiger partial charge on any atom is -0.455 e. The number of rotatable bonds is 9. The highest BCUT2D eigenvalue weighted by Crippen LogP contribution is 2.50. The van der Waals surface area contributed by atoms with E-state index in [0.29, 0.717) is 0 Å². The molecule has 0 saturated heterocycles. The van der Waals surface area contributed by atoms with Crippen molar-refractivity contribution in [2.24, 2.45) is 0 Å². The highest BCUT2D eigenvalue weighted by molar-refractivity contribution is 7.22. The molecule has 4 heteroatoms. The summed E-state index contributed by atoms with van der Waals surface area (Å²) in [4.78, 5) is 3.70. The molecule has 86 heavy (non-hydrogen) atoms. The van der Waals surface area contributed by atoms with Gasteiger partial charge >= 0.3 is 0 Å². The fraction of sp³-hybridized carbons (Fsp3) is 0.0488. The molecular weight excluding hydrogens is 1060 g/mol. The standard InChI is InChI=1S/C82H58N2OS/c1-53-20-7-6-18-43-82(2,3)80-73(53)50-67(51-74(80)59-36-40-70-69-30-15-16-31-75(69)84(76(70)48-59)64-37-33-56(34-38-64)54-21-8-4-9-22-54)83(65-39-42-71-72-41-35-57-25-12-14-29-68(57)81(72)85-77(71)52-65)66-46-62(55-23-10-5-11-24-55)45-63(47-66)58-27-19-28-60(44-58)79-49-61-26-13-17-32-78(61)86-79/h4-42,44-52H,1,43H2,2-3H3/b18-6-,20-7-. The molecule has 15 aromatic rings. The number of benzene rings is 12. The molecule has 0 spiro atoms. The lowest BCUT2D eigenvalue weighted by Gasteiger charge is -2.33. The van der Waals surface area contributed by atoms with Gasteiger partial charge in [0.25, 0.3) is 0 Å². The Morgan fingerprint density at radius 1 is 0.430 bits per heavy atom. The first-order valence-corrected chi connectivity index (χ1v) is 30.4. The number of furan rings is 1. The molecule has 0 bridgehead atoms. The van der Waals surface area contributed by atoms with Crippen molar-refractivity contribution in [2.45, 2.75) is 25.7 Å². The Morgan fingerprint density at radius 3 is 1.86 bits per heavy atom. The fourth-order valence-corrected chi connectivity index (χ4v) is 14.4. The van der Waals surface area contributed by atoms with Gasteiger partial charge in [0.15, 0.2) is 0 Å². The summed E-state index contributed by atoms with van der Waals surface area (Å²) in [5.41, 5.74) is 21.5. The van der Waals surface area contributed by atoms with E-state index in [4.69, 9.17) is 11.0 Å². The Hall–Kier alpha value is -10.5. The van der Waals surface area contributed by atoms with E-state index in [2.05, 4.69) is 315 Å². The summed E-state index contributed by atoms with van der Waals surface area (Å²) in [6.07, 6.45) is 9.65. The number of thiophene rings is 1. The largest absolute Gasteiger partial charge is 0.455 e. The number of anilines is 3. The predicted octanol–water partition coefficient (Wildman–Crippen LogP) is 23.7. The molecule has 3 aromatic heterocycles. The molecular formula is C82H58N2OS. The van der Waals surface area contributed by atoms with E-state index in [1.807, 2.05) is 11.3 Å². The first-order valence-electron chi connectivity index (χ1n) is 29.6. The van der Waals surface area contributed by atoms with Crippen molar-refractivity contribution < 1.29 is 4.42 Å². The molecule has 3 heterocycles. The molecule has 0 unspecified atom stereocenters. The third-order valence-corrected chi connectivity index (χ3v) is 18.8. The van der Waals surface area contributed by atoms with Gasteiger partial charge in [0, 0.05) is 65.3 Å². The van der Waals surface area contributed by atoms with Gasteiger partial charge in [-0.1, -0.05) is 215 Å². The van der Waals surface area contributed by atoms with Gasteiger partial charge in [-0.2, -0.15) is 0 Å². The maximum absolute atomic E-state index is 7.05. The van der Waals surface area contributed by atoms with Crippen molar-refractivity contribution >= 4 is 98.6 Å². The van der Waals surface area contributed by atoms with Crippen molar-refractivity contribution in [1.82, 2.24) is 4.57 Å². The van der Waals surface area contributed by atoms with Crippen LogP contribution in [0.2, 0.25) is 0 Å². The van der Waals surface area contributed by atoms with Gasteiger partial charge in [-0.3, -0.25) is 0 Å². The summed E-state index contributed by atoms with van der Waals surface area (Å²) in [6, 6.07) is 98.1. The molecule has 16 rings (SSSR count). The first-order chi connectivity index (χ1) is 42.3. The van der Waals surface area contributed by atoms with E-state index in [1.165, 1.54) is 53.5 Å². The number of aromatic nitrogens is 1. The molecule has 0 saturated carbocycles. The molecule has 0 amide bonds. The molecule has 1 aliphatic rings. The summed E-state index contributed by atoms with van der Waals surface area (Å²) < 4.78 is 10.8. The second-order valence-electron chi connectivity index (χ2n) is 23.5. The van der Waals surface area contributed by atoms with Crippen molar-refractivity contribution in [3.8, 4) is 60.6 Å². The monoisotopic (exact) mass is 1120 g/mol. The molecule has 12 aromatic carbocycles. The lowest BCUT2D eigenvalue weighted by Crippen LogP contribution is -2.21. The SMILES string of the molecule is C=C1/C=C\C=C/CC(C)(C)c2c1cc(N(c1cc(-c3ccccc3)cc(-c3cccc(-c4cc5ccccc5s4)c3)c1)c1ccc3c(c1)oc1c4ccccc4ccc31)cc2-c1ccc2c3ccccc3n(-c3ccc(-c4ccccc4)cc3)c2c1. The number of para-hydroxylation sites is 1. The van der Waals surface area contributed by atoms with Crippen LogP contribution in [-0.2, 0) is 5.41 Å². The third kappa shape index (κ3) is 8.88. The molecule has 408 valence electrons. The molecule has 1 aliphatic carbocycles. The number of hydrogen-bond donors (Lipinski definition) is 0. The Morgan fingerprint density at radius 2 is 1.05 bits per heavy atom. The predicted molar refractivity (Wildman–Crippen MR) is 368 cm³/mol. The number of nitrogens with zero attached hydrogens (tertiary/aromatic N) is 2. The Bertz CT molecular complexity index is 5210. The zero-order valence-electron chi connectivity index (χ0n) is 47.8. The first kappa shape index (κ1) is 51.1. The lowest BCUT2D eigenvalue weighted by molar-refractivity contribution is 0.534. The zero-order chi connectivity index (χ0) is 57.5. The Balaban J connectivity index is 0.957. The van der Waals surface area contributed by atoms with E-state index in [9.17, 15) is 0 Å². The van der Waals surface area contributed by atoms with Crippen molar-refractivity contribution in [3.63, 3.8) is 0 Å².